The van der Waals surface area contributed by atoms with Gasteiger partial charge in [-0.1, -0.05) is 0 Å². The molecule has 2 N–H and O–H groups in total. The van der Waals surface area contributed by atoms with Crippen LogP contribution in [0.25, 0.3) is 11.3 Å². The third kappa shape index (κ3) is 2.74. The van der Waals surface area contributed by atoms with Crippen molar-refractivity contribution in [3.63, 3.8) is 0 Å². The maximum atomic E-state index is 5.77. The molecule has 0 spiro atoms. The second-order valence-electron chi connectivity index (χ2n) is 4.32. The Kier molecular flexibility index (Phi) is 3.58. The number of nitrogens with two attached hydrogens (primary N) is 1. The van der Waals surface area contributed by atoms with E-state index in [0.29, 0.717) is 0 Å². The van der Waals surface area contributed by atoms with Crippen molar-refractivity contribution in [1.29, 1.82) is 0 Å². The topological polar surface area (TPSA) is 61.7 Å². The van der Waals surface area contributed by atoms with E-state index in [0.717, 1.165) is 30.8 Å². The van der Waals surface area contributed by atoms with E-state index in [1.807, 2.05) is 36.5 Å². The van der Waals surface area contributed by atoms with Crippen molar-refractivity contribution in [1.82, 2.24) is 19.3 Å². The molecule has 1 unspecified atom stereocenters. The Morgan fingerprint density at radius 2 is 2.24 bits per heavy atom. The summed E-state index contributed by atoms with van der Waals surface area (Å²) in [6.07, 6.45) is 8.59. The standard InChI is InChI=1S/C12H19N5/c1-3-17-8-11(6-15-17)12-7-14-9-16(12)5-4-10(2)13/h6-10H,3-5,13H2,1-2H3. The predicted molar refractivity (Wildman–Crippen MR) is 67.4 cm³/mol. The van der Waals surface area contributed by atoms with Gasteiger partial charge >= 0.3 is 0 Å². The molecule has 5 heteroatoms. The van der Waals surface area contributed by atoms with Crippen molar-refractivity contribution in [2.45, 2.75) is 39.4 Å². The van der Waals surface area contributed by atoms with E-state index in [9.17, 15) is 0 Å². The molecule has 0 aliphatic carbocycles. The van der Waals surface area contributed by atoms with E-state index >= 15 is 0 Å². The van der Waals surface area contributed by atoms with Crippen LogP contribution in [0, 0.1) is 0 Å². The fourth-order valence-corrected chi connectivity index (χ4v) is 1.75. The van der Waals surface area contributed by atoms with E-state index in [1.165, 1.54) is 0 Å². The maximum Gasteiger partial charge on any atom is 0.0950 e. The highest BCUT2D eigenvalue weighted by Gasteiger charge is 2.07. The van der Waals surface area contributed by atoms with Crippen LogP contribution in [0.1, 0.15) is 20.3 Å². The molecule has 0 saturated heterocycles. The number of aryl methyl sites for hydroxylation is 2. The first kappa shape index (κ1) is 11.9. The number of imidazole rings is 1. The molecule has 2 aromatic heterocycles. The lowest BCUT2D eigenvalue weighted by molar-refractivity contribution is 0.573. The van der Waals surface area contributed by atoms with Crippen molar-refractivity contribution in [3.8, 4) is 11.3 Å². The zero-order valence-electron chi connectivity index (χ0n) is 10.4. The summed E-state index contributed by atoms with van der Waals surface area (Å²) >= 11 is 0. The third-order valence-electron chi connectivity index (χ3n) is 2.79. The number of aromatic nitrogens is 4. The summed E-state index contributed by atoms with van der Waals surface area (Å²) in [6.45, 7) is 5.87. The molecule has 0 bridgehead atoms. The molecule has 0 aliphatic rings. The predicted octanol–water partition coefficient (Wildman–Crippen LogP) is 1.50. The van der Waals surface area contributed by atoms with Gasteiger partial charge in [-0.2, -0.15) is 5.10 Å². The van der Waals surface area contributed by atoms with Gasteiger partial charge in [0.2, 0.25) is 0 Å². The van der Waals surface area contributed by atoms with Gasteiger partial charge < -0.3 is 10.3 Å². The molecule has 17 heavy (non-hydrogen) atoms. The van der Waals surface area contributed by atoms with Gasteiger partial charge in [0.1, 0.15) is 0 Å². The summed E-state index contributed by atoms with van der Waals surface area (Å²) in [5.41, 5.74) is 7.98. The average Bonchev–Trinajstić information content (AvgIpc) is 2.94. The van der Waals surface area contributed by atoms with Crippen molar-refractivity contribution < 1.29 is 0 Å². The molecule has 2 rings (SSSR count). The van der Waals surface area contributed by atoms with E-state index in [2.05, 4.69) is 21.6 Å². The zero-order valence-corrected chi connectivity index (χ0v) is 10.4. The van der Waals surface area contributed by atoms with Crippen LogP contribution < -0.4 is 5.73 Å². The summed E-state index contributed by atoms with van der Waals surface area (Å²) in [5, 5.41) is 4.28. The van der Waals surface area contributed by atoms with Crippen LogP contribution in [0.4, 0.5) is 0 Å². The normalized spacial score (nSPS) is 12.9. The first-order chi connectivity index (χ1) is 8.20. The molecule has 0 amide bonds. The van der Waals surface area contributed by atoms with Gasteiger partial charge in [0.05, 0.1) is 24.4 Å². The highest BCUT2D eigenvalue weighted by molar-refractivity contribution is 5.56. The average molecular weight is 233 g/mol. The highest BCUT2D eigenvalue weighted by atomic mass is 15.3. The quantitative estimate of drug-likeness (QED) is 0.851. The SMILES string of the molecule is CCn1cc(-c2cncn2CCC(C)N)cn1. The molecule has 0 fully saturated rings. The van der Waals surface area contributed by atoms with E-state index in [4.69, 9.17) is 5.73 Å². The Balaban J connectivity index is 2.18. The number of hydrogen-bond acceptors (Lipinski definition) is 3. The molecular formula is C12H19N5. The molecular weight excluding hydrogens is 214 g/mol. The fourth-order valence-electron chi connectivity index (χ4n) is 1.75. The minimum atomic E-state index is 0.212. The number of nitrogens with zero attached hydrogens (tertiary/aromatic N) is 4. The minimum Gasteiger partial charge on any atom is -0.330 e. The number of rotatable bonds is 5. The van der Waals surface area contributed by atoms with Gasteiger partial charge in [0.25, 0.3) is 0 Å². The van der Waals surface area contributed by atoms with Crippen LogP contribution in [0.3, 0.4) is 0 Å². The molecule has 0 radical (unpaired) electrons. The van der Waals surface area contributed by atoms with Crippen LogP contribution in [-0.2, 0) is 13.1 Å². The van der Waals surface area contributed by atoms with Crippen molar-refractivity contribution in [2.24, 2.45) is 5.73 Å². The summed E-state index contributed by atoms with van der Waals surface area (Å²) in [6, 6.07) is 0.212. The largest absolute Gasteiger partial charge is 0.330 e. The lowest BCUT2D eigenvalue weighted by Gasteiger charge is -2.08. The van der Waals surface area contributed by atoms with Crippen molar-refractivity contribution in [2.75, 3.05) is 0 Å². The summed E-state index contributed by atoms with van der Waals surface area (Å²) in [4.78, 5) is 4.20. The summed E-state index contributed by atoms with van der Waals surface area (Å²) in [7, 11) is 0. The molecule has 0 aliphatic heterocycles. The summed E-state index contributed by atoms with van der Waals surface area (Å²) < 4.78 is 4.04. The van der Waals surface area contributed by atoms with Gasteiger partial charge in [-0.3, -0.25) is 4.68 Å². The van der Waals surface area contributed by atoms with Crippen LogP contribution >= 0.6 is 0 Å². The van der Waals surface area contributed by atoms with Crippen LogP contribution in [0.5, 0.6) is 0 Å². The first-order valence-electron chi connectivity index (χ1n) is 5.99. The third-order valence-corrected chi connectivity index (χ3v) is 2.79. The fraction of sp³-hybridized carbons (Fsp3) is 0.500. The van der Waals surface area contributed by atoms with Crippen LogP contribution in [-0.4, -0.2) is 25.4 Å². The Morgan fingerprint density at radius 1 is 1.41 bits per heavy atom. The van der Waals surface area contributed by atoms with Gasteiger partial charge in [-0.25, -0.2) is 4.98 Å². The van der Waals surface area contributed by atoms with E-state index < -0.39 is 0 Å². The maximum absolute atomic E-state index is 5.77. The lowest BCUT2D eigenvalue weighted by Crippen LogP contribution is -2.17. The molecule has 0 saturated carbocycles. The molecule has 2 aromatic rings. The smallest absolute Gasteiger partial charge is 0.0950 e. The van der Waals surface area contributed by atoms with E-state index in [-0.39, 0.29) is 6.04 Å². The lowest BCUT2D eigenvalue weighted by atomic mass is 10.2. The van der Waals surface area contributed by atoms with Crippen LogP contribution in [0.2, 0.25) is 0 Å². The minimum absolute atomic E-state index is 0.212. The molecule has 0 aromatic carbocycles. The van der Waals surface area contributed by atoms with Gasteiger partial charge in [-0.15, -0.1) is 0 Å². The highest BCUT2D eigenvalue weighted by Crippen LogP contribution is 2.18. The van der Waals surface area contributed by atoms with Gasteiger partial charge in [0, 0.05) is 30.9 Å². The first-order valence-corrected chi connectivity index (χ1v) is 5.99. The van der Waals surface area contributed by atoms with Gasteiger partial charge in [-0.05, 0) is 20.3 Å². The molecule has 5 nitrogen and oxygen atoms in total. The molecule has 1 atom stereocenters. The van der Waals surface area contributed by atoms with Gasteiger partial charge in [0.15, 0.2) is 0 Å². The Morgan fingerprint density at radius 3 is 2.88 bits per heavy atom. The molecule has 2 heterocycles. The van der Waals surface area contributed by atoms with Crippen LogP contribution in [0.15, 0.2) is 24.9 Å². The Hall–Kier alpha value is -1.62. The van der Waals surface area contributed by atoms with E-state index in [1.54, 1.807) is 0 Å². The second kappa shape index (κ2) is 5.14. The second-order valence-corrected chi connectivity index (χ2v) is 4.32. The Bertz CT molecular complexity index is 469. The number of hydrogen-bond donors (Lipinski definition) is 1. The van der Waals surface area contributed by atoms with Crippen molar-refractivity contribution >= 4 is 0 Å². The Labute approximate surface area is 101 Å². The zero-order chi connectivity index (χ0) is 12.3. The molecule has 92 valence electrons. The monoisotopic (exact) mass is 233 g/mol. The summed E-state index contributed by atoms with van der Waals surface area (Å²) in [5.74, 6) is 0. The van der Waals surface area contributed by atoms with Crippen molar-refractivity contribution in [3.05, 3.63) is 24.9 Å².